The summed E-state index contributed by atoms with van der Waals surface area (Å²) in [6, 6.07) is 19.0. The fraction of sp³-hybridized carbons (Fsp3) is 0.259. The van der Waals surface area contributed by atoms with Crippen LogP contribution in [0.3, 0.4) is 0 Å². The third-order valence-corrected chi connectivity index (χ3v) is 7.52. The van der Waals surface area contributed by atoms with E-state index in [1.807, 2.05) is 50.2 Å². The number of carbonyl (C=O) groups excluding carboxylic acids is 1. The highest BCUT2D eigenvalue weighted by Gasteiger charge is 2.17. The van der Waals surface area contributed by atoms with Crippen LogP contribution in [0.2, 0.25) is 0 Å². The van der Waals surface area contributed by atoms with E-state index in [1.54, 1.807) is 36.4 Å². The number of benzene rings is 3. The minimum atomic E-state index is -3.47. The van der Waals surface area contributed by atoms with Crippen molar-refractivity contribution in [2.75, 3.05) is 37.4 Å². The molecule has 0 aromatic heterocycles. The Morgan fingerprint density at radius 1 is 1.03 bits per heavy atom. The molecule has 35 heavy (non-hydrogen) atoms. The van der Waals surface area contributed by atoms with Gasteiger partial charge in [-0.1, -0.05) is 36.4 Å². The molecule has 3 aromatic rings. The normalized spacial score (nSPS) is 11.4. The average molecular weight is 493 g/mol. The zero-order valence-corrected chi connectivity index (χ0v) is 21.2. The second kappa shape index (κ2) is 11.3. The lowest BCUT2D eigenvalue weighted by molar-refractivity contribution is -0.115. The third-order valence-electron chi connectivity index (χ3n) is 5.72. The fourth-order valence-corrected chi connectivity index (χ4v) is 5.06. The van der Waals surface area contributed by atoms with Crippen LogP contribution in [0.4, 0.5) is 11.4 Å². The predicted molar refractivity (Wildman–Crippen MR) is 142 cm³/mol. The van der Waals surface area contributed by atoms with E-state index < -0.39 is 9.84 Å². The van der Waals surface area contributed by atoms with Gasteiger partial charge < -0.3 is 16.0 Å². The number of anilines is 2. The van der Waals surface area contributed by atoms with Gasteiger partial charge in [-0.3, -0.25) is 10.2 Å². The van der Waals surface area contributed by atoms with Gasteiger partial charge in [-0.05, 0) is 75.4 Å². The largest absolute Gasteiger partial charge is 0.398 e. The van der Waals surface area contributed by atoms with Crippen molar-refractivity contribution in [3.05, 3.63) is 89.0 Å². The van der Waals surface area contributed by atoms with Crippen LogP contribution < -0.4 is 11.1 Å². The smallest absolute Gasteiger partial charge is 0.228 e. The first-order chi connectivity index (χ1) is 16.6. The minimum absolute atomic E-state index is 0.0342. The van der Waals surface area contributed by atoms with E-state index in [9.17, 15) is 13.2 Å². The Balaban J connectivity index is 1.78. The van der Waals surface area contributed by atoms with E-state index in [2.05, 4.69) is 5.32 Å². The van der Waals surface area contributed by atoms with Gasteiger partial charge in [-0.15, -0.1) is 0 Å². The van der Waals surface area contributed by atoms with Gasteiger partial charge in [0.1, 0.15) is 0 Å². The number of amides is 1. The second-order valence-electron chi connectivity index (χ2n) is 8.83. The lowest BCUT2D eigenvalue weighted by Crippen LogP contribution is -2.17. The molecule has 0 saturated heterocycles. The molecule has 0 aliphatic rings. The summed E-state index contributed by atoms with van der Waals surface area (Å²) in [5.41, 5.74) is 9.95. The van der Waals surface area contributed by atoms with Gasteiger partial charge >= 0.3 is 0 Å². The fourth-order valence-electron chi connectivity index (χ4n) is 3.73. The molecular weight excluding hydrogens is 460 g/mol. The van der Waals surface area contributed by atoms with Crippen molar-refractivity contribution >= 4 is 32.8 Å². The zero-order valence-electron chi connectivity index (χ0n) is 20.3. The van der Waals surface area contributed by atoms with Gasteiger partial charge in [0.25, 0.3) is 0 Å². The number of hydrogen-bond acceptors (Lipinski definition) is 6. The topological polar surface area (TPSA) is 116 Å². The van der Waals surface area contributed by atoms with Crippen LogP contribution in [0.5, 0.6) is 0 Å². The number of nitrogen functional groups attached to an aromatic ring is 1. The molecule has 7 nitrogen and oxygen atoms in total. The molecule has 0 atom stereocenters. The van der Waals surface area contributed by atoms with Crippen molar-refractivity contribution in [2.45, 2.75) is 24.7 Å². The van der Waals surface area contributed by atoms with Crippen molar-refractivity contribution in [3.63, 3.8) is 0 Å². The van der Waals surface area contributed by atoms with E-state index >= 15 is 0 Å². The van der Waals surface area contributed by atoms with Crippen molar-refractivity contribution in [1.29, 1.82) is 5.41 Å². The molecule has 3 aromatic carbocycles. The monoisotopic (exact) mass is 492 g/mol. The van der Waals surface area contributed by atoms with E-state index in [0.717, 1.165) is 11.1 Å². The second-order valence-corrected chi connectivity index (χ2v) is 10.9. The Bertz CT molecular complexity index is 1330. The Labute approximate surface area is 207 Å². The van der Waals surface area contributed by atoms with Gasteiger partial charge in [0.15, 0.2) is 9.84 Å². The first-order valence-corrected chi connectivity index (χ1v) is 13.0. The van der Waals surface area contributed by atoms with Crippen LogP contribution in [-0.4, -0.2) is 51.3 Å². The first-order valence-electron chi connectivity index (χ1n) is 11.4. The summed E-state index contributed by atoms with van der Waals surface area (Å²) in [5, 5.41) is 11.6. The molecule has 0 bridgehead atoms. The highest BCUT2D eigenvalue weighted by Crippen LogP contribution is 2.23. The minimum Gasteiger partial charge on any atom is -0.398 e. The highest BCUT2D eigenvalue weighted by atomic mass is 32.2. The van der Waals surface area contributed by atoms with Crippen molar-refractivity contribution < 1.29 is 13.2 Å². The summed E-state index contributed by atoms with van der Waals surface area (Å²) in [6.45, 7) is 2.63. The van der Waals surface area contributed by atoms with Crippen molar-refractivity contribution in [2.24, 2.45) is 0 Å². The Morgan fingerprint density at radius 2 is 1.77 bits per heavy atom. The molecule has 1 amide bonds. The maximum atomic E-state index is 12.8. The Hall–Kier alpha value is -3.49. The van der Waals surface area contributed by atoms with E-state index in [4.69, 9.17) is 11.1 Å². The van der Waals surface area contributed by atoms with Gasteiger partial charge in [0, 0.05) is 22.5 Å². The molecule has 0 spiro atoms. The number of sulfone groups is 1. The number of nitrogens with one attached hydrogen (secondary N) is 2. The molecule has 0 aliphatic heterocycles. The number of rotatable bonds is 10. The standard InChI is InChI=1S/C27H32N4O3S/c1-19-8-4-5-9-20(19)17-26(32)30-22-12-13-25(28)24(18-22)27(29)21-10-6-11-23(16-21)35(33,34)15-7-14-31(2)3/h4-6,8-13,16,18,29H,7,14-15,17,28H2,1-3H3,(H,30,32). The summed E-state index contributed by atoms with van der Waals surface area (Å²) in [5.74, 6) is -0.139. The Morgan fingerprint density at radius 3 is 2.49 bits per heavy atom. The predicted octanol–water partition coefficient (Wildman–Crippen LogP) is 3.90. The summed E-state index contributed by atoms with van der Waals surface area (Å²) < 4.78 is 25.6. The molecule has 0 saturated carbocycles. The van der Waals surface area contributed by atoms with E-state index in [-0.39, 0.29) is 28.7 Å². The van der Waals surface area contributed by atoms with Crippen molar-refractivity contribution in [1.82, 2.24) is 4.90 Å². The van der Waals surface area contributed by atoms with Gasteiger partial charge in [-0.25, -0.2) is 8.42 Å². The third kappa shape index (κ3) is 7.00. The summed E-state index contributed by atoms with van der Waals surface area (Å²) in [6.07, 6.45) is 0.756. The lowest BCUT2D eigenvalue weighted by Gasteiger charge is -2.13. The van der Waals surface area contributed by atoms with Crippen LogP contribution in [0.15, 0.2) is 71.6 Å². The molecule has 0 unspecified atom stereocenters. The molecule has 0 aliphatic carbocycles. The number of nitrogens with two attached hydrogens (primary N) is 1. The summed E-state index contributed by atoms with van der Waals surface area (Å²) in [4.78, 5) is 14.7. The maximum Gasteiger partial charge on any atom is 0.228 e. The summed E-state index contributed by atoms with van der Waals surface area (Å²) >= 11 is 0. The highest BCUT2D eigenvalue weighted by molar-refractivity contribution is 7.91. The SMILES string of the molecule is Cc1ccccc1CC(=O)Nc1ccc(N)c(C(=N)c2cccc(S(=O)(=O)CCCN(C)C)c2)c1. The van der Waals surface area contributed by atoms with Gasteiger partial charge in [0.2, 0.25) is 5.91 Å². The molecule has 184 valence electrons. The molecule has 0 heterocycles. The summed E-state index contributed by atoms with van der Waals surface area (Å²) in [7, 11) is 0.329. The quantitative estimate of drug-likeness (QED) is 0.293. The molecule has 0 radical (unpaired) electrons. The van der Waals surface area contributed by atoms with E-state index in [1.165, 1.54) is 6.07 Å². The molecule has 8 heteroatoms. The van der Waals surface area contributed by atoms with Gasteiger partial charge in [-0.2, -0.15) is 0 Å². The number of hydrogen-bond donors (Lipinski definition) is 3. The van der Waals surface area contributed by atoms with Crippen molar-refractivity contribution in [3.8, 4) is 0 Å². The van der Waals surface area contributed by atoms with Crippen LogP contribution in [0.1, 0.15) is 28.7 Å². The molecule has 4 N–H and O–H groups in total. The molecule has 3 rings (SSSR count). The molecule has 0 fully saturated rings. The molecular formula is C27H32N4O3S. The van der Waals surface area contributed by atoms with Gasteiger partial charge in [0.05, 0.1) is 22.8 Å². The zero-order chi connectivity index (χ0) is 25.6. The Kier molecular flexibility index (Phi) is 8.43. The van der Waals surface area contributed by atoms with Crippen LogP contribution in [0.25, 0.3) is 0 Å². The van der Waals surface area contributed by atoms with Crippen LogP contribution in [0, 0.1) is 12.3 Å². The number of nitrogens with zero attached hydrogens (tertiary/aromatic N) is 1. The van der Waals surface area contributed by atoms with E-state index in [0.29, 0.717) is 35.5 Å². The number of aryl methyl sites for hydroxylation is 1. The average Bonchev–Trinajstić information content (AvgIpc) is 2.81. The first kappa shape index (κ1) is 26.1. The number of carbonyl (C=O) groups is 1. The van der Waals surface area contributed by atoms with Crippen LogP contribution in [-0.2, 0) is 21.1 Å². The van der Waals surface area contributed by atoms with Crippen LogP contribution >= 0.6 is 0 Å². The lowest BCUT2D eigenvalue weighted by atomic mass is 10.00. The maximum absolute atomic E-state index is 12.8.